The Morgan fingerprint density at radius 1 is 1.18 bits per heavy atom. The molecule has 1 aromatic carbocycles. The van der Waals surface area contributed by atoms with E-state index in [0.29, 0.717) is 0 Å². The molecule has 0 bridgehead atoms. The molecule has 0 unspecified atom stereocenters. The largest absolute Gasteiger partial charge is 0.534 e. The third-order valence-electron chi connectivity index (χ3n) is 2.88. The topological polar surface area (TPSA) is 83.8 Å². The van der Waals surface area contributed by atoms with Gasteiger partial charge in [0.05, 0.1) is 8.07 Å². The van der Waals surface area contributed by atoms with Gasteiger partial charge in [-0.3, -0.25) is 0 Å². The van der Waals surface area contributed by atoms with E-state index in [1.54, 1.807) is 19.6 Å². The van der Waals surface area contributed by atoms with Crippen molar-refractivity contribution in [3.63, 3.8) is 0 Å². The predicted molar refractivity (Wildman–Crippen MR) is 79.6 cm³/mol. The van der Waals surface area contributed by atoms with Crippen molar-refractivity contribution in [3.05, 3.63) is 17.7 Å². The summed E-state index contributed by atoms with van der Waals surface area (Å²) in [6.07, 6.45) is 0. The number of alkyl halides is 3. The summed E-state index contributed by atoms with van der Waals surface area (Å²) in [7, 11) is -9.93. The molecule has 1 aromatic rings. The second-order valence-corrected chi connectivity index (χ2v) is 12.4. The van der Waals surface area contributed by atoms with Crippen LogP contribution in [0.15, 0.2) is 12.1 Å². The number of hydrogen-bond acceptors (Lipinski definition) is 5. The minimum atomic E-state index is -5.79. The molecule has 0 aliphatic rings. The molecule has 2 N–H and O–H groups in total. The molecule has 22 heavy (non-hydrogen) atoms. The molecule has 5 nitrogen and oxygen atoms in total. The van der Waals surface area contributed by atoms with Gasteiger partial charge in [-0.05, 0) is 23.1 Å². The molecule has 0 atom stereocenters. The van der Waals surface area contributed by atoms with Crippen LogP contribution in [0.2, 0.25) is 19.6 Å². The second-order valence-electron chi connectivity index (χ2n) is 5.82. The van der Waals surface area contributed by atoms with E-state index in [2.05, 4.69) is 4.18 Å². The lowest BCUT2D eigenvalue weighted by atomic mass is 9.79. The number of rotatable bonds is 4. The molecular weight excluding hydrogens is 340 g/mol. The normalized spacial score (nSPS) is 13.1. The van der Waals surface area contributed by atoms with Crippen molar-refractivity contribution < 1.29 is 35.8 Å². The average Bonchev–Trinajstić information content (AvgIpc) is 2.27. The SMILES string of the molecule is Cc1cc(B(O)O)cc([Si](C)(C)C)c1OS(=O)(=O)C(F)(F)F. The van der Waals surface area contributed by atoms with Gasteiger partial charge in [0.25, 0.3) is 0 Å². The van der Waals surface area contributed by atoms with E-state index in [1.807, 2.05) is 0 Å². The fourth-order valence-electron chi connectivity index (χ4n) is 1.78. The highest BCUT2D eigenvalue weighted by atomic mass is 32.2. The Kier molecular flexibility index (Phi) is 5.07. The van der Waals surface area contributed by atoms with E-state index < -0.39 is 36.6 Å². The first-order valence-corrected chi connectivity index (χ1v) is 11.1. The zero-order chi connectivity index (χ0) is 17.5. The lowest BCUT2D eigenvalue weighted by Crippen LogP contribution is -2.44. The van der Waals surface area contributed by atoms with Crippen LogP contribution in [0.1, 0.15) is 5.56 Å². The molecule has 0 amide bonds. The van der Waals surface area contributed by atoms with Gasteiger partial charge in [-0.1, -0.05) is 31.8 Å². The van der Waals surface area contributed by atoms with Crippen LogP contribution in [0.4, 0.5) is 13.2 Å². The average molecular weight is 356 g/mol. The van der Waals surface area contributed by atoms with Gasteiger partial charge in [0.15, 0.2) is 0 Å². The molecule has 0 spiro atoms. The Bertz CT molecular complexity index is 668. The number of aryl methyl sites for hydroxylation is 1. The first kappa shape index (κ1) is 19.0. The summed E-state index contributed by atoms with van der Waals surface area (Å²) < 4.78 is 64.3. The van der Waals surface area contributed by atoms with Crippen molar-refractivity contribution in [2.24, 2.45) is 0 Å². The van der Waals surface area contributed by atoms with Crippen LogP contribution in [0, 0.1) is 6.92 Å². The van der Waals surface area contributed by atoms with Gasteiger partial charge >= 0.3 is 22.7 Å². The number of hydrogen-bond donors (Lipinski definition) is 2. The van der Waals surface area contributed by atoms with Crippen LogP contribution < -0.4 is 14.8 Å². The van der Waals surface area contributed by atoms with Gasteiger partial charge < -0.3 is 14.2 Å². The summed E-state index contributed by atoms with van der Waals surface area (Å²) in [5.41, 5.74) is -5.40. The van der Waals surface area contributed by atoms with Crippen LogP contribution in [-0.2, 0) is 10.1 Å². The van der Waals surface area contributed by atoms with Crippen LogP contribution in [0.3, 0.4) is 0 Å². The first-order chi connectivity index (χ1) is 9.67. The summed E-state index contributed by atoms with van der Waals surface area (Å²) in [5.74, 6) is -0.402. The van der Waals surface area contributed by atoms with Crippen LogP contribution in [0.5, 0.6) is 5.75 Å². The third-order valence-corrected chi connectivity index (χ3v) is 5.82. The van der Waals surface area contributed by atoms with Gasteiger partial charge in [-0.25, -0.2) is 0 Å². The quantitative estimate of drug-likeness (QED) is 0.465. The van der Waals surface area contributed by atoms with Crippen molar-refractivity contribution in [2.45, 2.75) is 32.1 Å². The van der Waals surface area contributed by atoms with Crippen LogP contribution in [0.25, 0.3) is 0 Å². The fourth-order valence-corrected chi connectivity index (χ4v) is 3.91. The lowest BCUT2D eigenvalue weighted by Gasteiger charge is -2.23. The van der Waals surface area contributed by atoms with Crippen LogP contribution >= 0.6 is 0 Å². The van der Waals surface area contributed by atoms with Gasteiger partial charge in [0.1, 0.15) is 5.75 Å². The highest BCUT2D eigenvalue weighted by Gasteiger charge is 2.49. The van der Waals surface area contributed by atoms with Crippen molar-refractivity contribution >= 4 is 36.0 Å². The summed E-state index contributed by atoms with van der Waals surface area (Å²) in [6.45, 7) is 6.64. The highest BCUT2D eigenvalue weighted by molar-refractivity contribution is 7.88. The number of benzene rings is 1. The smallest absolute Gasteiger partial charge is 0.423 e. The summed E-state index contributed by atoms with van der Waals surface area (Å²) in [5, 5.41) is 18.7. The minimum absolute atomic E-state index is 0.0617. The fraction of sp³-hybridized carbons (Fsp3) is 0.455. The molecule has 11 heteroatoms. The Morgan fingerprint density at radius 2 is 1.68 bits per heavy atom. The van der Waals surface area contributed by atoms with Gasteiger partial charge in [0.2, 0.25) is 0 Å². The van der Waals surface area contributed by atoms with E-state index in [1.165, 1.54) is 19.1 Å². The maximum Gasteiger partial charge on any atom is 0.534 e. The standard InChI is InChI=1S/C11H16BF3O5SSi/c1-7-5-8(12(16)17)6-9(22(2,3)4)10(7)20-21(18,19)11(13,14)15/h5-6,16-17H,1-4H3. The minimum Gasteiger partial charge on any atom is -0.423 e. The maximum atomic E-state index is 12.5. The Balaban J connectivity index is 3.55. The van der Waals surface area contributed by atoms with Crippen molar-refractivity contribution in [1.82, 2.24) is 0 Å². The zero-order valence-electron chi connectivity index (χ0n) is 12.4. The van der Waals surface area contributed by atoms with Gasteiger partial charge in [-0.15, -0.1) is 0 Å². The molecule has 124 valence electrons. The third kappa shape index (κ3) is 4.03. The Hall–Kier alpha value is -1.04. The highest BCUT2D eigenvalue weighted by Crippen LogP contribution is 2.28. The molecule has 0 fully saturated rings. The van der Waals surface area contributed by atoms with E-state index in [0.717, 1.165) is 0 Å². The van der Waals surface area contributed by atoms with Crippen molar-refractivity contribution in [3.8, 4) is 5.75 Å². The van der Waals surface area contributed by atoms with E-state index >= 15 is 0 Å². The molecule has 0 saturated heterocycles. The summed E-state index contributed by atoms with van der Waals surface area (Å²) in [6, 6.07) is 2.45. The zero-order valence-corrected chi connectivity index (χ0v) is 14.2. The lowest BCUT2D eigenvalue weighted by molar-refractivity contribution is -0.0499. The summed E-state index contributed by atoms with van der Waals surface area (Å²) in [4.78, 5) is 0. The van der Waals surface area contributed by atoms with Crippen molar-refractivity contribution in [1.29, 1.82) is 0 Å². The molecule has 0 aliphatic carbocycles. The Morgan fingerprint density at radius 3 is 2.05 bits per heavy atom. The number of halogens is 3. The van der Waals surface area contributed by atoms with E-state index in [4.69, 9.17) is 0 Å². The molecule has 0 saturated carbocycles. The predicted octanol–water partition coefficient (Wildman–Crippen LogP) is 0.448. The van der Waals surface area contributed by atoms with E-state index in [-0.39, 0.29) is 16.2 Å². The van der Waals surface area contributed by atoms with E-state index in [9.17, 15) is 31.6 Å². The summed E-state index contributed by atoms with van der Waals surface area (Å²) >= 11 is 0. The molecular formula is C11H16BF3O5SSi. The second kappa shape index (κ2) is 5.87. The molecule has 0 heterocycles. The van der Waals surface area contributed by atoms with Gasteiger partial charge in [-0.2, -0.15) is 21.6 Å². The molecule has 0 aromatic heterocycles. The Labute approximate surface area is 128 Å². The molecule has 1 rings (SSSR count). The molecule has 0 radical (unpaired) electrons. The first-order valence-electron chi connectivity index (χ1n) is 6.18. The van der Waals surface area contributed by atoms with Crippen LogP contribution in [-0.4, -0.2) is 39.2 Å². The maximum absolute atomic E-state index is 12.5. The molecule has 0 aliphatic heterocycles. The monoisotopic (exact) mass is 356 g/mol. The van der Waals surface area contributed by atoms with Crippen molar-refractivity contribution in [2.75, 3.05) is 0 Å². The van der Waals surface area contributed by atoms with Gasteiger partial charge in [0, 0.05) is 0 Å².